The monoisotopic (exact) mass is 292 g/mol. The maximum atomic E-state index is 11.5. The molecule has 0 saturated carbocycles. The summed E-state index contributed by atoms with van der Waals surface area (Å²) < 4.78 is 9.56. The zero-order valence-corrected chi connectivity index (χ0v) is 12.7. The Morgan fingerprint density at radius 2 is 1.74 bits per heavy atom. The lowest BCUT2D eigenvalue weighted by atomic mass is 9.86. The summed E-state index contributed by atoms with van der Waals surface area (Å²) in [6, 6.07) is 0. The molecule has 2 atom stereocenters. The molecule has 5 nitrogen and oxygen atoms in total. The van der Waals surface area contributed by atoms with Crippen molar-refractivity contribution >= 4 is 29.3 Å². The molecule has 0 fully saturated rings. The van der Waals surface area contributed by atoms with Crippen molar-refractivity contribution in [2.24, 2.45) is 5.92 Å². The molecule has 0 aromatic heterocycles. The molecule has 6 heteroatoms. The molecule has 0 heterocycles. The summed E-state index contributed by atoms with van der Waals surface area (Å²) in [6.07, 6.45) is -0.622. The highest BCUT2D eigenvalue weighted by Crippen LogP contribution is 2.32. The Labute approximate surface area is 118 Å². The second-order valence-corrected chi connectivity index (χ2v) is 5.96. The molecule has 0 rings (SSSR count). The van der Waals surface area contributed by atoms with E-state index in [0.717, 1.165) is 0 Å². The molecule has 0 radical (unpaired) electrons. The molecular weight excluding hydrogens is 272 g/mol. The standard InChI is InChI=1S/C13H21ClO5/c1-8(15)11(19-9(2)16)6-10(13(3,4)14)7-12(17)18-5/h10-11H,6-7H2,1-5H3/t10-,11+/m0/s1. The average molecular weight is 293 g/mol. The second-order valence-electron chi connectivity index (χ2n) is 4.99. The summed E-state index contributed by atoms with van der Waals surface area (Å²) in [5.74, 6) is -1.56. The molecule has 0 bridgehead atoms. The maximum absolute atomic E-state index is 11.5. The Morgan fingerprint density at radius 3 is 2.05 bits per heavy atom. The van der Waals surface area contributed by atoms with Gasteiger partial charge in [0.05, 0.1) is 13.5 Å². The van der Waals surface area contributed by atoms with Gasteiger partial charge in [-0.15, -0.1) is 11.6 Å². The van der Waals surface area contributed by atoms with Gasteiger partial charge >= 0.3 is 11.9 Å². The lowest BCUT2D eigenvalue weighted by Gasteiger charge is -2.30. The van der Waals surface area contributed by atoms with Crippen molar-refractivity contribution in [1.29, 1.82) is 0 Å². The third-order valence-corrected chi connectivity index (χ3v) is 3.18. The topological polar surface area (TPSA) is 69.7 Å². The molecule has 0 saturated heterocycles. The van der Waals surface area contributed by atoms with Crippen LogP contribution in [0.15, 0.2) is 0 Å². The Bertz CT molecular complexity index is 345. The minimum atomic E-state index is -0.884. The quantitative estimate of drug-likeness (QED) is 0.531. The van der Waals surface area contributed by atoms with Crippen molar-refractivity contribution in [3.63, 3.8) is 0 Å². The van der Waals surface area contributed by atoms with Gasteiger partial charge in [-0.3, -0.25) is 14.4 Å². The van der Waals surface area contributed by atoms with E-state index in [1.165, 1.54) is 21.0 Å². The van der Waals surface area contributed by atoms with Crippen LogP contribution >= 0.6 is 11.6 Å². The number of hydrogen-bond acceptors (Lipinski definition) is 5. The number of ether oxygens (including phenoxy) is 2. The van der Waals surface area contributed by atoms with Crippen molar-refractivity contribution < 1.29 is 23.9 Å². The highest BCUT2D eigenvalue weighted by molar-refractivity contribution is 6.23. The van der Waals surface area contributed by atoms with E-state index in [1.54, 1.807) is 13.8 Å². The Kier molecular flexibility index (Phi) is 7.05. The van der Waals surface area contributed by atoms with Gasteiger partial charge in [0.15, 0.2) is 11.9 Å². The van der Waals surface area contributed by atoms with Crippen LogP contribution < -0.4 is 0 Å². The van der Waals surface area contributed by atoms with Gasteiger partial charge in [0.1, 0.15) is 0 Å². The first-order chi connectivity index (χ1) is 8.57. The Hall–Kier alpha value is -1.10. The number of ketones is 1. The molecule has 0 aliphatic carbocycles. The van der Waals surface area contributed by atoms with Gasteiger partial charge in [-0.05, 0) is 33.1 Å². The number of hydrogen-bond donors (Lipinski definition) is 0. The minimum Gasteiger partial charge on any atom is -0.469 e. The summed E-state index contributed by atoms with van der Waals surface area (Å²) in [5, 5.41) is 0. The van der Waals surface area contributed by atoms with Crippen molar-refractivity contribution in [3.8, 4) is 0 Å². The molecule has 0 aliphatic rings. The number of methoxy groups -OCH3 is 1. The number of alkyl halides is 1. The van der Waals surface area contributed by atoms with Gasteiger partial charge in [0, 0.05) is 11.8 Å². The fourth-order valence-corrected chi connectivity index (χ4v) is 1.81. The van der Waals surface area contributed by atoms with E-state index in [-0.39, 0.29) is 24.5 Å². The zero-order valence-electron chi connectivity index (χ0n) is 12.0. The van der Waals surface area contributed by atoms with Crippen LogP contribution in [0.25, 0.3) is 0 Å². The van der Waals surface area contributed by atoms with E-state index in [4.69, 9.17) is 16.3 Å². The molecule has 0 aromatic carbocycles. The first kappa shape index (κ1) is 17.9. The summed E-state index contributed by atoms with van der Waals surface area (Å²) in [4.78, 5) is 33.1. The zero-order chi connectivity index (χ0) is 15.2. The van der Waals surface area contributed by atoms with Gasteiger partial charge in [-0.2, -0.15) is 0 Å². The minimum absolute atomic E-state index is 0.0675. The van der Waals surface area contributed by atoms with Crippen molar-refractivity contribution in [2.75, 3.05) is 7.11 Å². The summed E-state index contributed by atoms with van der Waals surface area (Å²) in [6.45, 7) is 6.06. The maximum Gasteiger partial charge on any atom is 0.305 e. The lowest BCUT2D eigenvalue weighted by Crippen LogP contribution is -2.35. The number of carbonyl (C=O) groups is 3. The van der Waals surface area contributed by atoms with Crippen LogP contribution in [-0.2, 0) is 23.9 Å². The van der Waals surface area contributed by atoms with Gasteiger partial charge in [-0.25, -0.2) is 0 Å². The molecule has 0 amide bonds. The van der Waals surface area contributed by atoms with E-state index < -0.39 is 22.9 Å². The van der Waals surface area contributed by atoms with Gasteiger partial charge in [0.2, 0.25) is 0 Å². The van der Waals surface area contributed by atoms with Gasteiger partial charge in [-0.1, -0.05) is 0 Å². The van der Waals surface area contributed by atoms with Crippen LogP contribution in [0.1, 0.15) is 40.5 Å². The van der Waals surface area contributed by atoms with Crippen molar-refractivity contribution in [1.82, 2.24) is 0 Å². The molecule has 110 valence electrons. The van der Waals surface area contributed by atoms with Crippen LogP contribution in [0, 0.1) is 5.92 Å². The normalized spacial score (nSPS) is 14.4. The average Bonchev–Trinajstić information content (AvgIpc) is 2.24. The van der Waals surface area contributed by atoms with Crippen molar-refractivity contribution in [2.45, 2.75) is 51.5 Å². The number of esters is 2. The SMILES string of the molecule is COC(=O)C[C@H](C[C@@H](OC(C)=O)C(C)=O)C(C)(C)Cl. The van der Waals surface area contributed by atoms with Crippen LogP contribution in [0.3, 0.4) is 0 Å². The molecule has 0 spiro atoms. The highest BCUT2D eigenvalue weighted by atomic mass is 35.5. The summed E-state index contributed by atoms with van der Waals surface area (Å²) in [5.41, 5.74) is 0. The van der Waals surface area contributed by atoms with E-state index in [0.29, 0.717) is 0 Å². The number of rotatable bonds is 7. The number of carbonyl (C=O) groups excluding carboxylic acids is 3. The first-order valence-electron chi connectivity index (χ1n) is 6.01. The predicted molar refractivity (Wildman–Crippen MR) is 70.9 cm³/mol. The second kappa shape index (κ2) is 7.48. The molecular formula is C13H21ClO5. The largest absolute Gasteiger partial charge is 0.469 e. The fraction of sp³-hybridized carbons (Fsp3) is 0.769. The lowest BCUT2D eigenvalue weighted by molar-refractivity contribution is -0.154. The van der Waals surface area contributed by atoms with Crippen molar-refractivity contribution in [3.05, 3.63) is 0 Å². The highest BCUT2D eigenvalue weighted by Gasteiger charge is 2.34. The molecule has 0 unspecified atom stereocenters. The first-order valence-corrected chi connectivity index (χ1v) is 6.39. The van der Waals surface area contributed by atoms with Gasteiger partial charge < -0.3 is 9.47 Å². The van der Waals surface area contributed by atoms with Crippen LogP contribution in [0.4, 0.5) is 0 Å². The molecule has 0 aliphatic heterocycles. The van der Waals surface area contributed by atoms with E-state index in [1.807, 2.05) is 0 Å². The van der Waals surface area contributed by atoms with E-state index in [9.17, 15) is 14.4 Å². The van der Waals surface area contributed by atoms with E-state index >= 15 is 0 Å². The number of halogens is 1. The fourth-order valence-electron chi connectivity index (χ4n) is 1.65. The smallest absolute Gasteiger partial charge is 0.305 e. The van der Waals surface area contributed by atoms with Crippen LogP contribution in [-0.4, -0.2) is 35.8 Å². The van der Waals surface area contributed by atoms with Gasteiger partial charge in [0.25, 0.3) is 0 Å². The molecule has 0 N–H and O–H groups in total. The Morgan fingerprint density at radius 1 is 1.21 bits per heavy atom. The molecule has 19 heavy (non-hydrogen) atoms. The third kappa shape index (κ3) is 7.15. The van der Waals surface area contributed by atoms with Crippen LogP contribution in [0.2, 0.25) is 0 Å². The van der Waals surface area contributed by atoms with Crippen LogP contribution in [0.5, 0.6) is 0 Å². The Balaban J connectivity index is 4.90. The summed E-state index contributed by atoms with van der Waals surface area (Å²) >= 11 is 6.23. The number of Topliss-reactive ketones (excluding diaryl/α,β-unsaturated/α-hetero) is 1. The third-order valence-electron chi connectivity index (χ3n) is 2.87. The van der Waals surface area contributed by atoms with E-state index in [2.05, 4.69) is 4.74 Å². The predicted octanol–water partition coefficient (Wildman–Crippen LogP) is 2.09. The summed E-state index contributed by atoms with van der Waals surface area (Å²) in [7, 11) is 1.29. The molecule has 0 aromatic rings.